The molecule has 0 aliphatic heterocycles. The molecule has 0 rings (SSSR count). The van der Waals surface area contributed by atoms with Gasteiger partial charge in [-0.25, -0.2) is 0 Å². The molecule has 0 aliphatic carbocycles. The minimum Gasteiger partial charge on any atom is -0.306 e. The average molecular weight is 122 g/mol. The van der Waals surface area contributed by atoms with E-state index in [9.17, 15) is 0 Å². The first kappa shape index (κ1) is 7.25. The van der Waals surface area contributed by atoms with Crippen LogP contribution in [0.1, 0.15) is 6.92 Å². The summed E-state index contributed by atoms with van der Waals surface area (Å²) in [6.45, 7) is 2.09. The van der Waals surface area contributed by atoms with Crippen molar-refractivity contribution in [1.82, 2.24) is 4.90 Å². The fourth-order valence-corrected chi connectivity index (χ4v) is 0.414. The van der Waals surface area contributed by atoms with Gasteiger partial charge in [0.05, 0.1) is 0 Å². The number of hydrogen-bond donors (Lipinski definition) is 0. The Morgan fingerprint density at radius 3 is 2.00 bits per heavy atom. The number of alkyl halides is 1. The lowest BCUT2D eigenvalue weighted by Crippen LogP contribution is -2.25. The minimum absolute atomic E-state index is 0.502. The summed E-state index contributed by atoms with van der Waals surface area (Å²) < 4.78 is 0. The lowest BCUT2D eigenvalue weighted by Gasteiger charge is -2.15. The summed E-state index contributed by atoms with van der Waals surface area (Å²) in [7, 11) is 4.04. The van der Waals surface area contributed by atoms with Gasteiger partial charge in [-0.15, -0.1) is 11.6 Å². The summed E-state index contributed by atoms with van der Waals surface area (Å²) in [5.41, 5.74) is 0. The van der Waals surface area contributed by atoms with Gasteiger partial charge in [-0.3, -0.25) is 0 Å². The van der Waals surface area contributed by atoms with Crippen LogP contribution in [-0.4, -0.2) is 30.9 Å². The van der Waals surface area contributed by atoms with Gasteiger partial charge >= 0.3 is 0 Å². The smallest absolute Gasteiger partial charge is 0.0376 e. The highest BCUT2D eigenvalue weighted by atomic mass is 35.5. The first-order valence-corrected chi connectivity index (χ1v) is 2.94. The zero-order valence-corrected chi connectivity index (χ0v) is 5.87. The molecule has 0 N–H and O–H groups in total. The predicted molar refractivity (Wildman–Crippen MR) is 33.9 cm³/mol. The Labute approximate surface area is 50.3 Å². The van der Waals surface area contributed by atoms with Crippen molar-refractivity contribution < 1.29 is 0 Å². The second-order valence-electron chi connectivity index (χ2n) is 1.97. The van der Waals surface area contributed by atoms with Gasteiger partial charge in [-0.1, -0.05) is 0 Å². The van der Waals surface area contributed by atoms with E-state index < -0.39 is 0 Å². The molecule has 0 radical (unpaired) electrons. The van der Waals surface area contributed by atoms with Crippen LogP contribution < -0.4 is 0 Å². The van der Waals surface area contributed by atoms with Crippen LogP contribution in [0.15, 0.2) is 0 Å². The van der Waals surface area contributed by atoms with E-state index >= 15 is 0 Å². The van der Waals surface area contributed by atoms with Crippen molar-refractivity contribution in [1.29, 1.82) is 0 Å². The van der Waals surface area contributed by atoms with Crippen molar-refractivity contribution in [2.75, 3.05) is 20.0 Å². The van der Waals surface area contributed by atoms with Gasteiger partial charge in [0.1, 0.15) is 0 Å². The van der Waals surface area contributed by atoms with Crippen LogP contribution in [0, 0.1) is 0 Å². The maximum absolute atomic E-state index is 5.51. The van der Waals surface area contributed by atoms with E-state index in [-0.39, 0.29) is 0 Å². The first-order chi connectivity index (χ1) is 3.18. The zero-order chi connectivity index (χ0) is 5.86. The molecule has 7 heavy (non-hydrogen) atoms. The first-order valence-electron chi connectivity index (χ1n) is 2.41. The molecule has 0 heterocycles. The SMILES string of the molecule is C[C@H](CCl)N(C)C. The van der Waals surface area contributed by atoms with Gasteiger partial charge in [0.2, 0.25) is 0 Å². The summed E-state index contributed by atoms with van der Waals surface area (Å²) in [6, 6.07) is 0.502. The van der Waals surface area contributed by atoms with E-state index in [1.165, 1.54) is 0 Å². The molecule has 0 bridgehead atoms. The molecule has 0 spiro atoms. The molecule has 0 aromatic heterocycles. The van der Waals surface area contributed by atoms with Crippen molar-refractivity contribution in [3.05, 3.63) is 0 Å². The molecule has 2 heteroatoms. The Balaban J connectivity index is 3.14. The summed E-state index contributed by atoms with van der Waals surface area (Å²) in [5.74, 6) is 0.715. The third-order valence-electron chi connectivity index (χ3n) is 1.10. The van der Waals surface area contributed by atoms with Crippen molar-refractivity contribution in [3.63, 3.8) is 0 Å². The van der Waals surface area contributed by atoms with E-state index in [0.717, 1.165) is 0 Å². The molecule has 0 fully saturated rings. The standard InChI is InChI=1S/C5H12ClN/c1-5(4-6)7(2)3/h5H,4H2,1-3H3/t5-/m1/s1. The zero-order valence-electron chi connectivity index (χ0n) is 5.11. The normalized spacial score (nSPS) is 15.0. The van der Waals surface area contributed by atoms with Crippen LogP contribution in [-0.2, 0) is 0 Å². The van der Waals surface area contributed by atoms with Crippen molar-refractivity contribution in [3.8, 4) is 0 Å². The van der Waals surface area contributed by atoms with Gasteiger partial charge in [0.25, 0.3) is 0 Å². The van der Waals surface area contributed by atoms with Crippen LogP contribution in [0.25, 0.3) is 0 Å². The molecule has 44 valence electrons. The topological polar surface area (TPSA) is 3.24 Å². The quantitative estimate of drug-likeness (QED) is 0.496. The Kier molecular flexibility index (Phi) is 3.39. The monoisotopic (exact) mass is 121 g/mol. The van der Waals surface area contributed by atoms with E-state index in [1.807, 2.05) is 14.1 Å². The highest BCUT2D eigenvalue weighted by Gasteiger charge is 1.98. The maximum atomic E-state index is 5.51. The van der Waals surface area contributed by atoms with E-state index in [4.69, 9.17) is 11.6 Å². The Bertz CT molecular complexity index is 45.3. The van der Waals surface area contributed by atoms with Crippen LogP contribution >= 0.6 is 11.6 Å². The lowest BCUT2D eigenvalue weighted by atomic mass is 10.4. The molecular formula is C5H12ClN. The van der Waals surface area contributed by atoms with Crippen LogP contribution in [0.4, 0.5) is 0 Å². The number of halogens is 1. The minimum atomic E-state index is 0.502. The Morgan fingerprint density at radius 2 is 2.00 bits per heavy atom. The van der Waals surface area contributed by atoms with E-state index in [0.29, 0.717) is 11.9 Å². The summed E-state index contributed by atoms with van der Waals surface area (Å²) in [5, 5.41) is 0. The Hall–Kier alpha value is 0.250. The molecule has 0 unspecified atom stereocenters. The second kappa shape index (κ2) is 3.28. The van der Waals surface area contributed by atoms with Crippen LogP contribution in [0.5, 0.6) is 0 Å². The molecule has 0 amide bonds. The Morgan fingerprint density at radius 1 is 1.57 bits per heavy atom. The molecule has 0 saturated heterocycles. The van der Waals surface area contributed by atoms with Gasteiger partial charge in [-0.2, -0.15) is 0 Å². The van der Waals surface area contributed by atoms with Gasteiger partial charge in [0.15, 0.2) is 0 Å². The molecule has 0 aromatic carbocycles. The van der Waals surface area contributed by atoms with Crippen LogP contribution in [0.2, 0.25) is 0 Å². The fraction of sp³-hybridized carbons (Fsp3) is 1.00. The van der Waals surface area contributed by atoms with Gasteiger partial charge in [0, 0.05) is 11.9 Å². The summed E-state index contributed by atoms with van der Waals surface area (Å²) >= 11 is 5.51. The molecule has 0 aromatic rings. The fourth-order valence-electron chi connectivity index (χ4n) is 0.138. The van der Waals surface area contributed by atoms with E-state index in [2.05, 4.69) is 11.8 Å². The van der Waals surface area contributed by atoms with Crippen LogP contribution in [0.3, 0.4) is 0 Å². The molecule has 1 atom stereocenters. The van der Waals surface area contributed by atoms with Crippen molar-refractivity contribution in [2.24, 2.45) is 0 Å². The number of hydrogen-bond acceptors (Lipinski definition) is 1. The molecule has 0 saturated carbocycles. The third-order valence-corrected chi connectivity index (χ3v) is 1.55. The largest absolute Gasteiger partial charge is 0.306 e. The highest BCUT2D eigenvalue weighted by molar-refractivity contribution is 6.18. The molecular weight excluding hydrogens is 110 g/mol. The third kappa shape index (κ3) is 2.89. The van der Waals surface area contributed by atoms with Gasteiger partial charge in [-0.05, 0) is 21.0 Å². The number of rotatable bonds is 2. The maximum Gasteiger partial charge on any atom is 0.0376 e. The van der Waals surface area contributed by atoms with Gasteiger partial charge < -0.3 is 4.90 Å². The number of nitrogens with zero attached hydrogens (tertiary/aromatic N) is 1. The molecule has 0 aliphatic rings. The van der Waals surface area contributed by atoms with Crippen molar-refractivity contribution in [2.45, 2.75) is 13.0 Å². The predicted octanol–water partition coefficient (Wildman–Crippen LogP) is 1.18. The lowest BCUT2D eigenvalue weighted by molar-refractivity contribution is 0.338. The van der Waals surface area contributed by atoms with E-state index in [1.54, 1.807) is 0 Å². The molecule has 1 nitrogen and oxygen atoms in total. The van der Waals surface area contributed by atoms with Crippen molar-refractivity contribution >= 4 is 11.6 Å². The second-order valence-corrected chi connectivity index (χ2v) is 2.28. The highest BCUT2D eigenvalue weighted by Crippen LogP contribution is 1.91. The summed E-state index contributed by atoms with van der Waals surface area (Å²) in [4.78, 5) is 2.09. The summed E-state index contributed by atoms with van der Waals surface area (Å²) in [6.07, 6.45) is 0. The average Bonchev–Trinajstić information content (AvgIpc) is 1.65.